The van der Waals surface area contributed by atoms with Crippen LogP contribution in [0.4, 0.5) is 0 Å². The molecule has 4 aromatic rings. The molecule has 0 saturated heterocycles. The van der Waals surface area contributed by atoms with Crippen LogP contribution in [-0.4, -0.2) is 19.7 Å². The van der Waals surface area contributed by atoms with Gasteiger partial charge in [-0.25, -0.2) is 4.98 Å². The van der Waals surface area contributed by atoms with Gasteiger partial charge in [0.1, 0.15) is 11.4 Å². The van der Waals surface area contributed by atoms with Crippen molar-refractivity contribution in [3.63, 3.8) is 0 Å². The van der Waals surface area contributed by atoms with Crippen LogP contribution in [0.1, 0.15) is 29.2 Å². The number of benzene rings is 1. The summed E-state index contributed by atoms with van der Waals surface area (Å²) >= 11 is 1.65. The summed E-state index contributed by atoms with van der Waals surface area (Å²) in [6, 6.07) is 9.63. The van der Waals surface area contributed by atoms with E-state index in [1.165, 1.54) is 16.9 Å². The van der Waals surface area contributed by atoms with Gasteiger partial charge >= 0.3 is 0 Å². The molecule has 3 aromatic heterocycles. The molecule has 0 N–H and O–H groups in total. The second kappa shape index (κ2) is 6.17. The largest absolute Gasteiger partial charge is 0.337 e. The molecule has 0 radical (unpaired) electrons. The van der Waals surface area contributed by atoms with Crippen LogP contribution in [0.25, 0.3) is 21.6 Å². The Hall–Kier alpha value is -2.80. The maximum Gasteiger partial charge on any atom is 0.262 e. The fraction of sp³-hybridized carbons (Fsp3) is 0.263. The van der Waals surface area contributed by atoms with E-state index in [0.717, 1.165) is 35.0 Å². The molecule has 0 amide bonds. The van der Waals surface area contributed by atoms with Gasteiger partial charge in [0, 0.05) is 10.4 Å². The fourth-order valence-corrected chi connectivity index (χ4v) is 4.68. The van der Waals surface area contributed by atoms with Crippen molar-refractivity contribution in [3.8, 4) is 11.4 Å². The van der Waals surface area contributed by atoms with E-state index in [4.69, 9.17) is 4.52 Å². The fourth-order valence-electron chi connectivity index (χ4n) is 3.46. The molecule has 6 nitrogen and oxygen atoms in total. The Kier molecular flexibility index (Phi) is 3.67. The summed E-state index contributed by atoms with van der Waals surface area (Å²) in [5.41, 5.74) is 2.06. The monoisotopic (exact) mass is 364 g/mol. The van der Waals surface area contributed by atoms with Crippen molar-refractivity contribution in [2.45, 2.75) is 32.2 Å². The molecule has 0 unspecified atom stereocenters. The van der Waals surface area contributed by atoms with E-state index in [9.17, 15) is 4.79 Å². The molecule has 5 rings (SSSR count). The topological polar surface area (TPSA) is 73.8 Å². The lowest BCUT2D eigenvalue weighted by atomic mass is 9.97. The van der Waals surface area contributed by atoms with Gasteiger partial charge in [0.05, 0.1) is 11.7 Å². The first-order chi connectivity index (χ1) is 12.8. The molecule has 0 atom stereocenters. The number of fused-ring (bicyclic) bond motifs is 3. The van der Waals surface area contributed by atoms with Crippen LogP contribution in [0.5, 0.6) is 0 Å². The molecular formula is C19H16N4O2S. The van der Waals surface area contributed by atoms with Crippen LogP contribution in [0.15, 0.2) is 46.0 Å². The van der Waals surface area contributed by atoms with Crippen molar-refractivity contribution in [1.29, 1.82) is 0 Å². The van der Waals surface area contributed by atoms with E-state index >= 15 is 0 Å². The normalized spacial score (nSPS) is 13.8. The molecule has 0 spiro atoms. The molecule has 26 heavy (non-hydrogen) atoms. The number of aryl methyl sites for hydroxylation is 2. The Morgan fingerprint density at radius 3 is 2.88 bits per heavy atom. The highest BCUT2D eigenvalue weighted by molar-refractivity contribution is 7.18. The van der Waals surface area contributed by atoms with Crippen molar-refractivity contribution in [3.05, 3.63) is 63.3 Å². The van der Waals surface area contributed by atoms with Gasteiger partial charge in [-0.3, -0.25) is 9.36 Å². The van der Waals surface area contributed by atoms with Gasteiger partial charge in [-0.1, -0.05) is 35.5 Å². The first-order valence-electron chi connectivity index (χ1n) is 8.67. The van der Waals surface area contributed by atoms with Crippen LogP contribution in [0.2, 0.25) is 0 Å². The summed E-state index contributed by atoms with van der Waals surface area (Å²) < 4.78 is 6.90. The first-order valence-corrected chi connectivity index (χ1v) is 9.49. The van der Waals surface area contributed by atoms with Gasteiger partial charge in [-0.05, 0) is 31.2 Å². The number of nitrogens with zero attached hydrogens (tertiary/aromatic N) is 4. The summed E-state index contributed by atoms with van der Waals surface area (Å²) in [5.74, 6) is 0.923. The molecule has 0 bridgehead atoms. The summed E-state index contributed by atoms with van der Waals surface area (Å²) in [5, 5.41) is 4.79. The zero-order valence-electron chi connectivity index (χ0n) is 14.0. The number of aromatic nitrogens is 4. The summed E-state index contributed by atoms with van der Waals surface area (Å²) in [7, 11) is 0. The predicted octanol–water partition coefficient (Wildman–Crippen LogP) is 3.44. The van der Waals surface area contributed by atoms with Gasteiger partial charge < -0.3 is 4.52 Å². The van der Waals surface area contributed by atoms with E-state index in [0.29, 0.717) is 11.7 Å². The third kappa shape index (κ3) is 2.55. The molecule has 3 heterocycles. The third-order valence-corrected chi connectivity index (χ3v) is 5.95. The zero-order valence-corrected chi connectivity index (χ0v) is 14.8. The standard InChI is InChI=1S/C19H16N4O2S/c24-19-16-13-8-4-5-9-14(13)26-18(16)20-11-23(19)10-15-21-17(22-25-15)12-6-2-1-3-7-12/h1-3,6-7,11H,4-5,8-10H2. The molecule has 1 aromatic carbocycles. The van der Waals surface area contributed by atoms with E-state index in [2.05, 4.69) is 15.1 Å². The number of hydrogen-bond acceptors (Lipinski definition) is 6. The Morgan fingerprint density at radius 1 is 1.15 bits per heavy atom. The molecule has 0 aliphatic heterocycles. The number of rotatable bonds is 3. The van der Waals surface area contributed by atoms with E-state index in [1.807, 2.05) is 30.3 Å². The van der Waals surface area contributed by atoms with E-state index in [1.54, 1.807) is 22.2 Å². The highest BCUT2D eigenvalue weighted by Crippen LogP contribution is 2.33. The summed E-state index contributed by atoms with van der Waals surface area (Å²) in [6.45, 7) is 0.228. The number of hydrogen-bond donors (Lipinski definition) is 0. The molecular weight excluding hydrogens is 348 g/mol. The molecule has 1 aliphatic carbocycles. The minimum atomic E-state index is -0.0196. The van der Waals surface area contributed by atoms with Crippen LogP contribution < -0.4 is 5.56 Å². The average Bonchev–Trinajstić information content (AvgIpc) is 3.29. The molecule has 7 heteroatoms. The van der Waals surface area contributed by atoms with Crippen LogP contribution in [-0.2, 0) is 19.4 Å². The van der Waals surface area contributed by atoms with Crippen LogP contribution in [0.3, 0.4) is 0 Å². The van der Waals surface area contributed by atoms with Crippen molar-refractivity contribution >= 4 is 21.6 Å². The lowest BCUT2D eigenvalue weighted by Gasteiger charge is -2.10. The molecule has 130 valence electrons. The third-order valence-electron chi connectivity index (χ3n) is 4.75. The van der Waals surface area contributed by atoms with Gasteiger partial charge in [0.15, 0.2) is 0 Å². The smallest absolute Gasteiger partial charge is 0.262 e. The van der Waals surface area contributed by atoms with E-state index in [-0.39, 0.29) is 12.1 Å². The zero-order chi connectivity index (χ0) is 17.5. The second-order valence-corrected chi connectivity index (χ2v) is 7.53. The van der Waals surface area contributed by atoms with Gasteiger partial charge in [-0.15, -0.1) is 11.3 Å². The van der Waals surface area contributed by atoms with Crippen LogP contribution >= 0.6 is 11.3 Å². The maximum atomic E-state index is 13.0. The SMILES string of the molecule is O=c1c2c3c(sc2ncn1Cc1nc(-c2ccccc2)no1)CCCC3. The van der Waals surface area contributed by atoms with Crippen molar-refractivity contribution < 1.29 is 4.52 Å². The Labute approximate surface area is 153 Å². The van der Waals surface area contributed by atoms with Crippen LogP contribution in [0, 0.1) is 0 Å². The predicted molar refractivity (Wildman–Crippen MR) is 99.4 cm³/mol. The lowest BCUT2D eigenvalue weighted by Crippen LogP contribution is -2.21. The maximum absolute atomic E-state index is 13.0. The van der Waals surface area contributed by atoms with Gasteiger partial charge in [-0.2, -0.15) is 4.98 Å². The second-order valence-electron chi connectivity index (χ2n) is 6.45. The molecule has 1 aliphatic rings. The highest BCUT2D eigenvalue weighted by atomic mass is 32.1. The molecule has 0 saturated carbocycles. The Balaban J connectivity index is 1.51. The summed E-state index contributed by atoms with van der Waals surface area (Å²) in [4.78, 5) is 24.1. The summed E-state index contributed by atoms with van der Waals surface area (Å²) in [6.07, 6.45) is 5.93. The van der Waals surface area contributed by atoms with Crippen molar-refractivity contribution in [1.82, 2.24) is 19.7 Å². The quantitative estimate of drug-likeness (QED) is 0.557. The van der Waals surface area contributed by atoms with E-state index < -0.39 is 0 Å². The van der Waals surface area contributed by atoms with Crippen molar-refractivity contribution in [2.24, 2.45) is 0 Å². The first kappa shape index (κ1) is 15.5. The highest BCUT2D eigenvalue weighted by Gasteiger charge is 2.20. The van der Waals surface area contributed by atoms with Gasteiger partial charge in [0.2, 0.25) is 11.7 Å². The molecule has 0 fully saturated rings. The Morgan fingerprint density at radius 2 is 2.00 bits per heavy atom. The van der Waals surface area contributed by atoms with Crippen molar-refractivity contribution in [2.75, 3.05) is 0 Å². The van der Waals surface area contributed by atoms with Gasteiger partial charge in [0.25, 0.3) is 5.56 Å². The lowest BCUT2D eigenvalue weighted by molar-refractivity contribution is 0.369. The average molecular weight is 364 g/mol. The minimum absolute atomic E-state index is 0.0196. The number of thiophene rings is 1. The minimum Gasteiger partial charge on any atom is -0.337 e. The Bertz CT molecular complexity index is 1140.